The van der Waals surface area contributed by atoms with Gasteiger partial charge in [0.2, 0.25) is 0 Å². The van der Waals surface area contributed by atoms with Crippen molar-refractivity contribution in [3.05, 3.63) is 54.9 Å². The number of fused-ring (bicyclic) bond motifs is 1. The minimum absolute atomic E-state index is 0.155. The van der Waals surface area contributed by atoms with Crippen molar-refractivity contribution in [2.45, 2.75) is 6.10 Å². The van der Waals surface area contributed by atoms with Crippen LogP contribution in [0, 0.1) is 0 Å². The van der Waals surface area contributed by atoms with Crippen LogP contribution in [0.2, 0.25) is 0 Å². The zero-order valence-electron chi connectivity index (χ0n) is 12.8. The molecule has 3 aromatic rings. The first kappa shape index (κ1) is 13.8. The maximum absolute atomic E-state index is 5.99. The first-order valence-corrected chi connectivity index (χ1v) is 7.59. The Morgan fingerprint density at radius 3 is 2.74 bits per heavy atom. The molecule has 0 saturated carbocycles. The van der Waals surface area contributed by atoms with Gasteiger partial charge in [0.15, 0.2) is 5.82 Å². The molecule has 0 bridgehead atoms. The highest BCUT2D eigenvalue weighted by molar-refractivity contribution is 5.88. The maximum Gasteiger partial charge on any atom is 0.155 e. The van der Waals surface area contributed by atoms with Crippen LogP contribution >= 0.6 is 0 Å². The Balaban J connectivity index is 1.46. The van der Waals surface area contributed by atoms with E-state index in [1.807, 2.05) is 42.6 Å². The molecule has 23 heavy (non-hydrogen) atoms. The third-order valence-corrected chi connectivity index (χ3v) is 3.99. The van der Waals surface area contributed by atoms with E-state index in [4.69, 9.17) is 9.47 Å². The second-order valence-electron chi connectivity index (χ2n) is 5.53. The fourth-order valence-electron chi connectivity index (χ4n) is 2.77. The molecule has 5 nitrogen and oxygen atoms in total. The number of methoxy groups -OCH3 is 1. The topological polar surface area (TPSA) is 47.5 Å². The summed E-state index contributed by atoms with van der Waals surface area (Å²) in [7, 11) is 1.66. The number of anilines is 1. The summed E-state index contributed by atoms with van der Waals surface area (Å²) in [6, 6.07) is 13.7. The van der Waals surface area contributed by atoms with Crippen molar-refractivity contribution in [1.29, 1.82) is 0 Å². The second-order valence-corrected chi connectivity index (χ2v) is 5.53. The van der Waals surface area contributed by atoms with Crippen LogP contribution in [-0.4, -0.2) is 36.3 Å². The SMILES string of the molecule is COc1cccc(OC2CN(c3nccc4cccnc34)C2)c1. The van der Waals surface area contributed by atoms with Gasteiger partial charge in [0.05, 0.1) is 20.2 Å². The minimum atomic E-state index is 0.155. The number of pyridine rings is 2. The molecule has 0 radical (unpaired) electrons. The molecule has 0 spiro atoms. The van der Waals surface area contributed by atoms with Crippen molar-refractivity contribution in [2.24, 2.45) is 0 Å². The first-order valence-electron chi connectivity index (χ1n) is 7.59. The second kappa shape index (κ2) is 5.76. The van der Waals surface area contributed by atoms with E-state index in [1.165, 1.54) is 0 Å². The van der Waals surface area contributed by atoms with E-state index in [0.29, 0.717) is 0 Å². The Morgan fingerprint density at radius 2 is 1.87 bits per heavy atom. The highest BCUT2D eigenvalue weighted by Gasteiger charge is 2.30. The van der Waals surface area contributed by atoms with Crippen LogP contribution in [0.4, 0.5) is 5.82 Å². The van der Waals surface area contributed by atoms with Gasteiger partial charge < -0.3 is 14.4 Å². The van der Waals surface area contributed by atoms with Crippen molar-refractivity contribution in [2.75, 3.05) is 25.1 Å². The first-order chi connectivity index (χ1) is 11.3. The van der Waals surface area contributed by atoms with E-state index >= 15 is 0 Å². The molecule has 1 aromatic carbocycles. The van der Waals surface area contributed by atoms with Crippen molar-refractivity contribution in [3.8, 4) is 11.5 Å². The molecule has 1 aliphatic rings. The van der Waals surface area contributed by atoms with Gasteiger partial charge in [-0.2, -0.15) is 0 Å². The summed E-state index contributed by atoms with van der Waals surface area (Å²) >= 11 is 0. The Bertz CT molecular complexity index is 826. The molecular formula is C18H17N3O2. The molecule has 1 aliphatic heterocycles. The average molecular weight is 307 g/mol. The Morgan fingerprint density at radius 1 is 1.00 bits per heavy atom. The molecule has 1 saturated heterocycles. The van der Waals surface area contributed by atoms with Crippen LogP contribution in [0.25, 0.3) is 10.9 Å². The van der Waals surface area contributed by atoms with Gasteiger partial charge in [-0.1, -0.05) is 12.1 Å². The third-order valence-electron chi connectivity index (χ3n) is 3.99. The monoisotopic (exact) mass is 307 g/mol. The van der Waals surface area contributed by atoms with Crippen LogP contribution in [-0.2, 0) is 0 Å². The highest BCUT2D eigenvalue weighted by Crippen LogP contribution is 2.28. The Kier molecular flexibility index (Phi) is 3.46. The van der Waals surface area contributed by atoms with Gasteiger partial charge >= 0.3 is 0 Å². The normalized spacial score (nSPS) is 14.6. The quantitative estimate of drug-likeness (QED) is 0.741. The molecule has 5 heteroatoms. The van der Waals surface area contributed by atoms with Gasteiger partial charge in [-0.3, -0.25) is 4.98 Å². The molecular weight excluding hydrogens is 290 g/mol. The molecule has 3 heterocycles. The zero-order valence-corrected chi connectivity index (χ0v) is 12.8. The smallest absolute Gasteiger partial charge is 0.155 e. The van der Waals surface area contributed by atoms with Gasteiger partial charge in [0.1, 0.15) is 23.1 Å². The summed E-state index contributed by atoms with van der Waals surface area (Å²) < 4.78 is 11.2. The molecule has 4 rings (SSSR count). The van der Waals surface area contributed by atoms with Gasteiger partial charge in [-0.05, 0) is 24.3 Å². The number of aromatic nitrogens is 2. The van der Waals surface area contributed by atoms with E-state index in [0.717, 1.165) is 41.3 Å². The largest absolute Gasteiger partial charge is 0.497 e. The van der Waals surface area contributed by atoms with E-state index in [1.54, 1.807) is 13.3 Å². The van der Waals surface area contributed by atoms with Crippen LogP contribution in [0.1, 0.15) is 0 Å². The van der Waals surface area contributed by atoms with Gasteiger partial charge in [0.25, 0.3) is 0 Å². The summed E-state index contributed by atoms with van der Waals surface area (Å²) in [5, 5.41) is 1.11. The Labute approximate surface area is 134 Å². The molecule has 0 atom stereocenters. The van der Waals surface area contributed by atoms with Crippen LogP contribution in [0.3, 0.4) is 0 Å². The zero-order chi connectivity index (χ0) is 15.6. The summed E-state index contributed by atoms with van der Waals surface area (Å²) in [6.45, 7) is 1.61. The molecule has 1 fully saturated rings. The lowest BCUT2D eigenvalue weighted by molar-refractivity contribution is 0.166. The Hall–Kier alpha value is -2.82. The number of rotatable bonds is 4. The van der Waals surface area contributed by atoms with Crippen molar-refractivity contribution in [1.82, 2.24) is 9.97 Å². The lowest BCUT2D eigenvalue weighted by Crippen LogP contribution is -2.54. The number of nitrogens with zero attached hydrogens (tertiary/aromatic N) is 3. The minimum Gasteiger partial charge on any atom is -0.497 e. The van der Waals surface area contributed by atoms with E-state index < -0.39 is 0 Å². The number of ether oxygens (including phenoxy) is 2. The van der Waals surface area contributed by atoms with Crippen LogP contribution < -0.4 is 14.4 Å². The van der Waals surface area contributed by atoms with Crippen LogP contribution in [0.5, 0.6) is 11.5 Å². The lowest BCUT2D eigenvalue weighted by Gasteiger charge is -2.40. The van der Waals surface area contributed by atoms with Gasteiger partial charge in [-0.25, -0.2) is 4.98 Å². The van der Waals surface area contributed by atoms with E-state index in [2.05, 4.69) is 20.9 Å². The number of benzene rings is 1. The fourth-order valence-corrected chi connectivity index (χ4v) is 2.77. The number of hydrogen-bond donors (Lipinski definition) is 0. The molecule has 0 N–H and O–H groups in total. The van der Waals surface area contributed by atoms with Gasteiger partial charge in [0, 0.05) is 23.8 Å². The van der Waals surface area contributed by atoms with Crippen molar-refractivity contribution in [3.63, 3.8) is 0 Å². The van der Waals surface area contributed by atoms with Crippen molar-refractivity contribution >= 4 is 16.7 Å². The summed E-state index contributed by atoms with van der Waals surface area (Å²) in [6.07, 6.45) is 3.79. The lowest BCUT2D eigenvalue weighted by atomic mass is 10.1. The summed E-state index contributed by atoms with van der Waals surface area (Å²) in [5.74, 6) is 2.56. The van der Waals surface area contributed by atoms with E-state index in [-0.39, 0.29) is 6.10 Å². The average Bonchev–Trinajstić information content (AvgIpc) is 2.57. The van der Waals surface area contributed by atoms with Gasteiger partial charge in [-0.15, -0.1) is 0 Å². The summed E-state index contributed by atoms with van der Waals surface area (Å²) in [4.78, 5) is 11.1. The van der Waals surface area contributed by atoms with Crippen LogP contribution in [0.15, 0.2) is 54.9 Å². The van der Waals surface area contributed by atoms with E-state index in [9.17, 15) is 0 Å². The molecule has 2 aromatic heterocycles. The fraction of sp³-hybridized carbons (Fsp3) is 0.222. The predicted octanol–water partition coefficient (Wildman–Crippen LogP) is 2.91. The third kappa shape index (κ3) is 2.65. The number of hydrogen-bond acceptors (Lipinski definition) is 5. The summed E-state index contributed by atoms with van der Waals surface area (Å²) in [5.41, 5.74) is 0.940. The van der Waals surface area contributed by atoms with Crippen molar-refractivity contribution < 1.29 is 9.47 Å². The molecule has 116 valence electrons. The predicted molar refractivity (Wildman–Crippen MR) is 89.2 cm³/mol. The maximum atomic E-state index is 5.99. The molecule has 0 aliphatic carbocycles. The standard InChI is InChI=1S/C18H17N3O2/c1-22-14-5-2-6-15(10-14)23-16-11-21(12-16)18-17-13(7-9-20-18)4-3-8-19-17/h2-10,16H,11-12H2,1H3. The molecule has 0 amide bonds. The molecule has 0 unspecified atom stereocenters. The highest BCUT2D eigenvalue weighted by atomic mass is 16.5.